The number of nitrogens with one attached hydrogen (secondary N) is 1. The summed E-state index contributed by atoms with van der Waals surface area (Å²) in [5, 5.41) is 3.98. The molecular weight excluding hydrogens is 369 g/mol. The molecule has 8 heteroatoms. The predicted molar refractivity (Wildman–Crippen MR) is 98.2 cm³/mol. The second-order valence-corrected chi connectivity index (χ2v) is 8.33. The molecule has 0 spiro atoms. The number of para-hydroxylation sites is 1. The maximum Gasteiger partial charge on any atom is 0.237 e. The largest absolute Gasteiger partial charge is 0.339 e. The predicted octanol–water partition coefficient (Wildman–Crippen LogP) is 3.62. The minimum absolute atomic E-state index is 0.119. The quantitative estimate of drug-likeness (QED) is 0.669. The van der Waals surface area contributed by atoms with Crippen molar-refractivity contribution in [2.24, 2.45) is 0 Å². The zero-order valence-corrected chi connectivity index (χ0v) is 15.2. The minimum Gasteiger partial charge on any atom is -0.339 e. The third kappa shape index (κ3) is 4.33. The topological polar surface area (TPSA) is 85.1 Å². The van der Waals surface area contributed by atoms with Crippen molar-refractivity contribution in [3.63, 3.8) is 0 Å². The summed E-state index contributed by atoms with van der Waals surface area (Å²) in [6.07, 6.45) is 2.47. The van der Waals surface area contributed by atoms with Crippen LogP contribution in [-0.4, -0.2) is 18.6 Å². The van der Waals surface area contributed by atoms with Gasteiger partial charge in [-0.05, 0) is 30.5 Å². The van der Waals surface area contributed by atoms with Crippen molar-refractivity contribution in [2.75, 3.05) is 4.72 Å². The van der Waals surface area contributed by atoms with Crippen LogP contribution in [0.25, 0.3) is 0 Å². The minimum atomic E-state index is -3.78. The molecule has 6 nitrogen and oxygen atoms in total. The van der Waals surface area contributed by atoms with E-state index in [-0.39, 0.29) is 5.56 Å². The van der Waals surface area contributed by atoms with Gasteiger partial charge in [0.25, 0.3) is 0 Å². The third-order valence-corrected chi connectivity index (χ3v) is 5.58. The number of halogens is 1. The van der Waals surface area contributed by atoms with Crippen LogP contribution in [0.3, 0.4) is 0 Å². The van der Waals surface area contributed by atoms with E-state index in [2.05, 4.69) is 14.9 Å². The van der Waals surface area contributed by atoms with Crippen LogP contribution in [0.2, 0.25) is 0 Å². The smallest absolute Gasteiger partial charge is 0.237 e. The number of anilines is 1. The Hall–Kier alpha value is -2.74. The average molecular weight is 387 g/mol. The van der Waals surface area contributed by atoms with Gasteiger partial charge in [-0.15, -0.1) is 0 Å². The Morgan fingerprint density at radius 2 is 1.78 bits per heavy atom. The van der Waals surface area contributed by atoms with E-state index in [9.17, 15) is 12.8 Å². The Balaban J connectivity index is 1.52. The lowest BCUT2D eigenvalue weighted by molar-refractivity contribution is 0.379. The number of hydrogen-bond acceptors (Lipinski definition) is 5. The SMILES string of the molecule is O=S(=O)(Cc1ccccc1F)Nc1ccccc1Cc1nc(C2CC2)no1. The van der Waals surface area contributed by atoms with Crippen molar-refractivity contribution in [2.45, 2.75) is 30.9 Å². The normalized spacial score (nSPS) is 14.3. The highest BCUT2D eigenvalue weighted by molar-refractivity contribution is 7.91. The fraction of sp³-hybridized carbons (Fsp3) is 0.263. The first-order chi connectivity index (χ1) is 13.0. The summed E-state index contributed by atoms with van der Waals surface area (Å²) in [7, 11) is -3.78. The van der Waals surface area contributed by atoms with Crippen LogP contribution in [0.5, 0.6) is 0 Å². The van der Waals surface area contributed by atoms with Crippen LogP contribution in [-0.2, 0) is 22.2 Å². The van der Waals surface area contributed by atoms with Crippen molar-refractivity contribution < 1.29 is 17.3 Å². The monoisotopic (exact) mass is 387 g/mol. The average Bonchev–Trinajstić information content (AvgIpc) is 3.38. The molecule has 0 aliphatic heterocycles. The van der Waals surface area contributed by atoms with Gasteiger partial charge in [-0.1, -0.05) is 41.6 Å². The Kier molecular flexibility index (Phi) is 4.65. The van der Waals surface area contributed by atoms with Gasteiger partial charge in [0.15, 0.2) is 5.82 Å². The van der Waals surface area contributed by atoms with Crippen LogP contribution in [0.15, 0.2) is 53.1 Å². The molecule has 0 amide bonds. The van der Waals surface area contributed by atoms with E-state index in [1.54, 1.807) is 24.3 Å². The van der Waals surface area contributed by atoms with Crippen LogP contribution in [0.1, 0.15) is 41.6 Å². The van der Waals surface area contributed by atoms with Crippen molar-refractivity contribution >= 4 is 15.7 Å². The number of nitrogens with zero attached hydrogens (tertiary/aromatic N) is 2. The van der Waals surface area contributed by atoms with Gasteiger partial charge in [0.05, 0.1) is 17.9 Å². The molecule has 1 heterocycles. The molecule has 1 saturated carbocycles. The van der Waals surface area contributed by atoms with E-state index in [0.29, 0.717) is 35.3 Å². The van der Waals surface area contributed by atoms with Crippen LogP contribution in [0, 0.1) is 5.82 Å². The van der Waals surface area contributed by atoms with Gasteiger partial charge in [-0.2, -0.15) is 4.98 Å². The van der Waals surface area contributed by atoms with Crippen molar-refractivity contribution in [3.05, 3.63) is 77.2 Å². The summed E-state index contributed by atoms with van der Waals surface area (Å²) in [6.45, 7) is 0. The molecule has 1 aromatic heterocycles. The van der Waals surface area contributed by atoms with E-state index in [1.165, 1.54) is 18.2 Å². The molecule has 27 heavy (non-hydrogen) atoms. The Morgan fingerprint density at radius 3 is 2.52 bits per heavy atom. The van der Waals surface area contributed by atoms with Crippen LogP contribution >= 0.6 is 0 Å². The fourth-order valence-corrected chi connectivity index (χ4v) is 4.06. The van der Waals surface area contributed by atoms with E-state index in [0.717, 1.165) is 12.8 Å². The Labute approximate surface area is 156 Å². The molecule has 1 aliphatic rings. The van der Waals surface area contributed by atoms with Gasteiger partial charge in [0.2, 0.25) is 15.9 Å². The summed E-state index contributed by atoms with van der Waals surface area (Å²) in [6, 6.07) is 12.8. The van der Waals surface area contributed by atoms with Crippen molar-refractivity contribution in [1.82, 2.24) is 10.1 Å². The molecule has 1 fully saturated rings. The first-order valence-electron chi connectivity index (χ1n) is 8.64. The number of benzene rings is 2. The molecule has 0 unspecified atom stereocenters. The first kappa shape index (κ1) is 17.7. The van der Waals surface area contributed by atoms with Crippen LogP contribution < -0.4 is 4.72 Å². The molecule has 3 aromatic rings. The molecule has 2 aromatic carbocycles. The standard InChI is InChI=1S/C19H18FN3O3S/c20-16-7-3-1-6-15(16)12-27(24,25)23-17-8-4-2-5-14(17)11-18-21-19(22-26-18)13-9-10-13/h1-8,13,23H,9-12H2. The second kappa shape index (κ2) is 7.11. The number of sulfonamides is 1. The lowest BCUT2D eigenvalue weighted by Crippen LogP contribution is -2.17. The van der Waals surface area contributed by atoms with Gasteiger partial charge in [0, 0.05) is 11.5 Å². The lowest BCUT2D eigenvalue weighted by Gasteiger charge is -2.12. The van der Waals surface area contributed by atoms with E-state index in [4.69, 9.17) is 4.52 Å². The highest BCUT2D eigenvalue weighted by Gasteiger charge is 2.28. The fourth-order valence-electron chi connectivity index (χ4n) is 2.81. The Bertz CT molecular complexity index is 1060. The molecule has 0 bridgehead atoms. The van der Waals surface area contributed by atoms with Gasteiger partial charge in [-0.25, -0.2) is 12.8 Å². The molecule has 1 N–H and O–H groups in total. The molecule has 1 aliphatic carbocycles. The summed E-state index contributed by atoms with van der Waals surface area (Å²) < 4.78 is 46.6. The molecular formula is C19H18FN3O3S. The van der Waals surface area contributed by atoms with Gasteiger partial charge in [-0.3, -0.25) is 4.72 Å². The van der Waals surface area contributed by atoms with Crippen molar-refractivity contribution in [1.29, 1.82) is 0 Å². The highest BCUT2D eigenvalue weighted by atomic mass is 32.2. The van der Waals surface area contributed by atoms with E-state index >= 15 is 0 Å². The Morgan fingerprint density at radius 1 is 1.07 bits per heavy atom. The molecule has 0 atom stereocenters. The molecule has 140 valence electrons. The zero-order chi connectivity index (χ0) is 18.9. The van der Waals surface area contributed by atoms with Gasteiger partial charge in [0.1, 0.15) is 5.82 Å². The van der Waals surface area contributed by atoms with Crippen LogP contribution in [0.4, 0.5) is 10.1 Å². The lowest BCUT2D eigenvalue weighted by atomic mass is 10.1. The number of hydrogen-bond donors (Lipinski definition) is 1. The van der Waals surface area contributed by atoms with Crippen molar-refractivity contribution in [3.8, 4) is 0 Å². The summed E-state index contributed by atoms with van der Waals surface area (Å²) in [5.74, 6) is 0.548. The van der Waals surface area contributed by atoms with Gasteiger partial charge < -0.3 is 4.52 Å². The summed E-state index contributed by atoms with van der Waals surface area (Å²) >= 11 is 0. The summed E-state index contributed by atoms with van der Waals surface area (Å²) in [5.41, 5.74) is 1.24. The maximum atomic E-state index is 13.8. The molecule has 4 rings (SSSR count). The number of rotatable bonds is 7. The first-order valence-corrected chi connectivity index (χ1v) is 10.3. The van der Waals surface area contributed by atoms with E-state index in [1.807, 2.05) is 6.07 Å². The highest BCUT2D eigenvalue weighted by Crippen LogP contribution is 2.38. The molecule has 0 radical (unpaired) electrons. The third-order valence-electron chi connectivity index (χ3n) is 4.35. The maximum absolute atomic E-state index is 13.8. The summed E-state index contributed by atoms with van der Waals surface area (Å²) in [4.78, 5) is 4.38. The van der Waals surface area contributed by atoms with Gasteiger partial charge >= 0.3 is 0 Å². The zero-order valence-electron chi connectivity index (χ0n) is 14.4. The molecule has 0 saturated heterocycles. The second-order valence-electron chi connectivity index (χ2n) is 6.61. The van der Waals surface area contributed by atoms with E-state index < -0.39 is 21.6 Å². The number of aromatic nitrogens is 2.